The predicted octanol–water partition coefficient (Wildman–Crippen LogP) is 0.712. The summed E-state index contributed by atoms with van der Waals surface area (Å²) in [6, 6.07) is 4.56. The number of rotatable bonds is 6. The lowest BCUT2D eigenvalue weighted by Crippen LogP contribution is -2.49. The van der Waals surface area contributed by atoms with E-state index in [9.17, 15) is 14.0 Å². The fourth-order valence-corrected chi connectivity index (χ4v) is 3.72. The van der Waals surface area contributed by atoms with Crippen LogP contribution in [0.2, 0.25) is 0 Å². The van der Waals surface area contributed by atoms with Gasteiger partial charge in [0.2, 0.25) is 11.8 Å². The van der Waals surface area contributed by atoms with Crippen molar-refractivity contribution in [2.45, 2.75) is 38.8 Å². The second-order valence-corrected chi connectivity index (χ2v) is 7.49. The number of aryl methyl sites for hydroxylation is 1. The van der Waals surface area contributed by atoms with Crippen molar-refractivity contribution in [1.82, 2.24) is 26.0 Å². The molecule has 154 valence electrons. The van der Waals surface area contributed by atoms with Gasteiger partial charge in [-0.05, 0) is 37.1 Å². The van der Waals surface area contributed by atoms with Gasteiger partial charge < -0.3 is 15.1 Å². The number of nitrogens with zero attached hydrogens (tertiary/aromatic N) is 2. The molecule has 2 fully saturated rings. The third kappa shape index (κ3) is 5.06. The van der Waals surface area contributed by atoms with Gasteiger partial charge in [0.05, 0.1) is 0 Å². The lowest BCUT2D eigenvalue weighted by molar-refractivity contribution is -0.133. The maximum atomic E-state index is 13.4. The first-order valence-electron chi connectivity index (χ1n) is 10.0. The number of benzene rings is 1. The Balaban J connectivity index is 1.39. The zero-order valence-electron chi connectivity index (χ0n) is 16.6. The van der Waals surface area contributed by atoms with Crippen molar-refractivity contribution in [2.75, 3.05) is 39.3 Å². The van der Waals surface area contributed by atoms with Crippen molar-refractivity contribution in [1.29, 1.82) is 0 Å². The molecule has 0 saturated carbocycles. The van der Waals surface area contributed by atoms with E-state index >= 15 is 0 Å². The van der Waals surface area contributed by atoms with Crippen LogP contribution in [-0.2, 0) is 9.59 Å². The molecule has 8 heteroatoms. The van der Waals surface area contributed by atoms with Gasteiger partial charge in [-0.25, -0.2) is 15.2 Å². The number of likely N-dealkylation sites (N-methyl/N-ethyl adjacent to an activating group) is 1. The first-order valence-corrected chi connectivity index (χ1v) is 10.0. The normalized spacial score (nSPS) is 23.0. The highest BCUT2D eigenvalue weighted by Crippen LogP contribution is 2.24. The molecule has 2 saturated heterocycles. The highest BCUT2D eigenvalue weighted by Gasteiger charge is 2.30. The Morgan fingerprint density at radius 1 is 1.21 bits per heavy atom. The van der Waals surface area contributed by atoms with Crippen molar-refractivity contribution < 1.29 is 14.0 Å². The van der Waals surface area contributed by atoms with Gasteiger partial charge in [0, 0.05) is 45.2 Å². The summed E-state index contributed by atoms with van der Waals surface area (Å²) in [4.78, 5) is 28.9. The number of carbonyl (C=O) groups is 2. The van der Waals surface area contributed by atoms with E-state index in [2.05, 4.69) is 28.0 Å². The van der Waals surface area contributed by atoms with Gasteiger partial charge in [-0.3, -0.25) is 9.59 Å². The number of carbonyl (C=O) groups excluding carboxylic acids is 2. The van der Waals surface area contributed by atoms with Crippen molar-refractivity contribution in [3.8, 4) is 0 Å². The molecule has 0 spiro atoms. The third-order valence-electron chi connectivity index (χ3n) is 5.61. The van der Waals surface area contributed by atoms with Crippen molar-refractivity contribution in [3.63, 3.8) is 0 Å². The average molecular weight is 391 g/mol. The van der Waals surface area contributed by atoms with E-state index in [1.165, 1.54) is 6.07 Å². The number of nitrogens with one attached hydrogen (secondary N) is 3. The highest BCUT2D eigenvalue weighted by molar-refractivity contribution is 5.83. The first kappa shape index (κ1) is 20.7. The molecule has 7 nitrogen and oxygen atoms in total. The van der Waals surface area contributed by atoms with Crippen LogP contribution in [0.1, 0.15) is 36.9 Å². The Morgan fingerprint density at radius 3 is 2.64 bits per heavy atom. The zero-order valence-corrected chi connectivity index (χ0v) is 16.6. The number of hydrogen-bond acceptors (Lipinski definition) is 5. The molecule has 2 aliphatic rings. The summed E-state index contributed by atoms with van der Waals surface area (Å²) in [6.45, 7) is 8.54. The molecule has 0 bridgehead atoms. The van der Waals surface area contributed by atoms with Crippen LogP contribution in [0.4, 0.5) is 4.39 Å². The molecule has 3 rings (SSSR count). The molecule has 2 atom stereocenters. The molecule has 2 amide bonds. The standard InChI is InChI=1S/C20H30FN5O2/c1-3-25-8-10-26(11-9-25)19(27)6-7-22-20(28)18-13-17(23-24-18)15-4-5-16(21)14(2)12-15/h4-5,12,17-18,23-24H,3,6-11,13H2,1-2H3,(H,22,28). The summed E-state index contributed by atoms with van der Waals surface area (Å²) in [5, 5.41) is 2.85. The van der Waals surface area contributed by atoms with E-state index < -0.39 is 0 Å². The van der Waals surface area contributed by atoms with Crippen LogP contribution in [-0.4, -0.2) is 66.9 Å². The topological polar surface area (TPSA) is 76.7 Å². The molecule has 0 aliphatic carbocycles. The quantitative estimate of drug-likeness (QED) is 0.666. The van der Waals surface area contributed by atoms with Gasteiger partial charge in [0.15, 0.2) is 0 Å². The third-order valence-corrected chi connectivity index (χ3v) is 5.61. The second kappa shape index (κ2) is 9.45. The molecule has 1 aromatic carbocycles. The minimum absolute atomic E-state index is 0.0495. The predicted molar refractivity (Wildman–Crippen MR) is 105 cm³/mol. The molecule has 28 heavy (non-hydrogen) atoms. The zero-order chi connectivity index (χ0) is 20.1. The number of halogens is 1. The van der Waals surface area contributed by atoms with Gasteiger partial charge in [-0.2, -0.15) is 0 Å². The summed E-state index contributed by atoms with van der Waals surface area (Å²) < 4.78 is 13.4. The van der Waals surface area contributed by atoms with Gasteiger partial charge in [-0.15, -0.1) is 0 Å². The van der Waals surface area contributed by atoms with E-state index in [-0.39, 0.29) is 29.7 Å². The number of piperazine rings is 1. The van der Waals surface area contributed by atoms with Crippen LogP contribution < -0.4 is 16.2 Å². The summed E-state index contributed by atoms with van der Waals surface area (Å²) in [7, 11) is 0. The Bertz CT molecular complexity index is 706. The van der Waals surface area contributed by atoms with E-state index in [4.69, 9.17) is 0 Å². The Labute approximate surface area is 165 Å². The lowest BCUT2D eigenvalue weighted by Gasteiger charge is -2.34. The molecular formula is C20H30FN5O2. The van der Waals surface area contributed by atoms with E-state index in [0.717, 1.165) is 38.3 Å². The minimum atomic E-state index is -0.376. The van der Waals surface area contributed by atoms with Gasteiger partial charge in [0.1, 0.15) is 11.9 Å². The summed E-state index contributed by atoms with van der Waals surface area (Å²) in [6.07, 6.45) is 0.891. The molecule has 0 radical (unpaired) electrons. The van der Waals surface area contributed by atoms with Crippen LogP contribution in [0.15, 0.2) is 18.2 Å². The average Bonchev–Trinajstić information content (AvgIpc) is 3.20. The maximum Gasteiger partial charge on any atom is 0.238 e. The number of hydrogen-bond donors (Lipinski definition) is 3. The Hall–Kier alpha value is -2.03. The molecule has 0 aromatic heterocycles. The highest BCUT2D eigenvalue weighted by atomic mass is 19.1. The monoisotopic (exact) mass is 391 g/mol. The number of hydrazine groups is 1. The van der Waals surface area contributed by atoms with E-state index in [0.29, 0.717) is 24.9 Å². The number of amides is 2. The summed E-state index contributed by atoms with van der Waals surface area (Å²) in [5.41, 5.74) is 7.63. The molecule has 3 N–H and O–H groups in total. The summed E-state index contributed by atoms with van der Waals surface area (Å²) in [5.74, 6) is -0.268. The molecule has 2 unspecified atom stereocenters. The van der Waals surface area contributed by atoms with Gasteiger partial charge in [-0.1, -0.05) is 19.1 Å². The van der Waals surface area contributed by atoms with E-state index in [1.54, 1.807) is 19.1 Å². The van der Waals surface area contributed by atoms with Crippen LogP contribution in [0, 0.1) is 12.7 Å². The van der Waals surface area contributed by atoms with Crippen LogP contribution >= 0.6 is 0 Å². The SMILES string of the molecule is CCN1CCN(C(=O)CCNC(=O)C2CC(c3ccc(F)c(C)c3)NN2)CC1. The second-order valence-electron chi connectivity index (χ2n) is 7.49. The van der Waals surface area contributed by atoms with Crippen LogP contribution in [0.25, 0.3) is 0 Å². The lowest BCUT2D eigenvalue weighted by atomic mass is 10.00. The van der Waals surface area contributed by atoms with Crippen LogP contribution in [0.3, 0.4) is 0 Å². The van der Waals surface area contributed by atoms with Crippen molar-refractivity contribution >= 4 is 11.8 Å². The Kier molecular flexibility index (Phi) is 6.98. The Morgan fingerprint density at radius 2 is 1.96 bits per heavy atom. The van der Waals surface area contributed by atoms with Crippen molar-refractivity contribution in [2.24, 2.45) is 0 Å². The fourth-order valence-electron chi connectivity index (χ4n) is 3.72. The smallest absolute Gasteiger partial charge is 0.238 e. The molecule has 2 aliphatic heterocycles. The molecule has 1 aromatic rings. The van der Waals surface area contributed by atoms with E-state index in [1.807, 2.05) is 4.90 Å². The first-order chi connectivity index (χ1) is 13.5. The largest absolute Gasteiger partial charge is 0.354 e. The fraction of sp³-hybridized carbons (Fsp3) is 0.600. The van der Waals surface area contributed by atoms with Crippen LogP contribution in [0.5, 0.6) is 0 Å². The maximum absolute atomic E-state index is 13.4. The van der Waals surface area contributed by atoms with Gasteiger partial charge in [0.25, 0.3) is 0 Å². The van der Waals surface area contributed by atoms with Crippen molar-refractivity contribution in [3.05, 3.63) is 35.1 Å². The molecular weight excluding hydrogens is 361 g/mol. The summed E-state index contributed by atoms with van der Waals surface area (Å²) >= 11 is 0. The molecule has 2 heterocycles. The minimum Gasteiger partial charge on any atom is -0.354 e. The van der Waals surface area contributed by atoms with Gasteiger partial charge >= 0.3 is 0 Å².